The van der Waals surface area contributed by atoms with Crippen LogP contribution in [0.4, 0.5) is 0 Å². The van der Waals surface area contributed by atoms with Crippen molar-refractivity contribution in [3.8, 4) is 0 Å². The Hall–Kier alpha value is 0.387. The van der Waals surface area contributed by atoms with Crippen molar-refractivity contribution in [2.45, 2.75) is 12.4 Å². The summed E-state index contributed by atoms with van der Waals surface area (Å²) in [7, 11) is 3.64. The minimum absolute atomic E-state index is 0.462. The molecule has 0 spiro atoms. The minimum Gasteiger partial charge on any atom is -0.380 e. The van der Waals surface area contributed by atoms with E-state index in [9.17, 15) is 0 Å². The van der Waals surface area contributed by atoms with Crippen molar-refractivity contribution in [1.29, 1.82) is 0 Å². The molecule has 0 saturated heterocycles. The molecular weight excluding hydrogens is 172 g/mol. The van der Waals surface area contributed by atoms with E-state index in [1.54, 1.807) is 0 Å². The number of hydrogen-bond acceptors (Lipinski definition) is 3. The van der Waals surface area contributed by atoms with Gasteiger partial charge in [0.15, 0.2) is 10.5 Å². The molecule has 0 radical (unpaired) electrons. The van der Waals surface area contributed by atoms with Gasteiger partial charge in [-0.25, -0.2) is 0 Å². The number of rotatable bonds is 5. The fourth-order valence-corrected chi connectivity index (χ4v) is 1.44. The molecule has 0 aliphatic carbocycles. The van der Waals surface area contributed by atoms with Crippen LogP contribution in [0.25, 0.3) is 0 Å². The first-order chi connectivity index (χ1) is 4.74. The van der Waals surface area contributed by atoms with Crippen molar-refractivity contribution in [3.05, 3.63) is 0 Å². The lowest BCUT2D eigenvalue weighted by atomic mass is 10.4. The van der Waals surface area contributed by atoms with Crippen LogP contribution in [0.2, 0.25) is 0 Å². The Morgan fingerprint density at radius 2 is 1.90 bits per heavy atom. The van der Waals surface area contributed by atoms with Gasteiger partial charge in [0, 0.05) is 26.5 Å². The fourth-order valence-electron chi connectivity index (χ4n) is 0.672. The molecule has 0 unspecified atom stereocenters. The largest absolute Gasteiger partial charge is 0.380 e. The van der Waals surface area contributed by atoms with E-state index < -0.39 is 5.97 Å². The van der Waals surface area contributed by atoms with Crippen molar-refractivity contribution in [2.24, 2.45) is 0 Å². The Labute approximate surface area is 69.1 Å². The second-order valence-electron chi connectivity index (χ2n) is 1.73. The Morgan fingerprint density at radius 1 is 1.40 bits per heavy atom. The quantitative estimate of drug-likeness (QED) is 0.338. The van der Waals surface area contributed by atoms with Crippen LogP contribution in [0, 0.1) is 0 Å². The van der Waals surface area contributed by atoms with Gasteiger partial charge in [-0.1, -0.05) is 0 Å². The van der Waals surface area contributed by atoms with E-state index in [4.69, 9.17) is 25.5 Å². The van der Waals surface area contributed by atoms with Gasteiger partial charge in [0.2, 0.25) is 0 Å². The lowest BCUT2D eigenvalue weighted by molar-refractivity contribution is -0.322. The van der Waals surface area contributed by atoms with Gasteiger partial charge in [0.25, 0.3) is 5.97 Å². The molecule has 0 heterocycles. The van der Waals surface area contributed by atoms with Crippen LogP contribution < -0.4 is 0 Å². The van der Waals surface area contributed by atoms with Crippen LogP contribution in [-0.4, -0.2) is 36.6 Å². The fraction of sp³-hybridized carbons (Fsp3) is 1.00. The van der Waals surface area contributed by atoms with E-state index in [0.29, 0.717) is 22.8 Å². The molecule has 0 amide bonds. The maximum Gasteiger partial charge on any atom is 0.273 e. The summed E-state index contributed by atoms with van der Waals surface area (Å²) in [4.78, 5) is 0. The molecule has 0 aliphatic rings. The zero-order valence-corrected chi connectivity index (χ0v) is 9.27. The number of methoxy groups -OCH3 is 2. The molecule has 0 rings (SSSR count). The molecule has 10 heavy (non-hydrogen) atoms. The van der Waals surface area contributed by atoms with Crippen molar-refractivity contribution >= 4 is 22.1 Å². The highest BCUT2D eigenvalue weighted by atomic mass is 35.5. The third-order valence-electron chi connectivity index (χ3n) is 1.33. The topological polar surface area (TPSA) is 27.7 Å². The van der Waals surface area contributed by atoms with Crippen molar-refractivity contribution in [1.82, 2.24) is 0 Å². The lowest BCUT2D eigenvalue weighted by Gasteiger charge is -2.28. The van der Waals surface area contributed by atoms with Gasteiger partial charge in [-0.05, 0) is 0 Å². The number of ether oxygens (including phenoxy) is 2. The molecule has 0 aromatic carbocycles. The maximum atomic E-state index is 5.50. The van der Waals surface area contributed by atoms with Crippen molar-refractivity contribution in [2.75, 3.05) is 20.1 Å². The zero-order valence-electron chi connectivity index (χ0n) is 6.52. The smallest absolute Gasteiger partial charge is 0.273 e. The van der Waals surface area contributed by atoms with E-state index in [1.807, 2.05) is 0 Å². The van der Waals surface area contributed by atoms with Crippen LogP contribution >= 0.6 is 11.6 Å². The van der Waals surface area contributed by atoms with Crippen LogP contribution in [0.3, 0.4) is 0 Å². The molecule has 3 nitrogen and oxygen atoms in total. The van der Waals surface area contributed by atoms with Crippen LogP contribution in [0.15, 0.2) is 0 Å². The summed E-state index contributed by atoms with van der Waals surface area (Å²) in [5.74, 6) is -0.433. The third kappa shape index (κ3) is 2.55. The van der Waals surface area contributed by atoms with Gasteiger partial charge < -0.3 is 13.9 Å². The number of alkyl halides is 1. The standard InChI is InChI=1S/C5H13ClO3Si/c1-7-5(8-2,9-10)3-4-6/h3-4H2,1-2,10H3. The molecule has 5 heteroatoms. The maximum absolute atomic E-state index is 5.50. The van der Waals surface area contributed by atoms with E-state index in [2.05, 4.69) is 0 Å². The molecule has 62 valence electrons. The van der Waals surface area contributed by atoms with Gasteiger partial charge in [0.1, 0.15) is 0 Å². The first kappa shape index (κ1) is 10.4. The molecule has 0 fully saturated rings. The molecule has 0 N–H and O–H groups in total. The molecule has 0 aromatic heterocycles. The van der Waals surface area contributed by atoms with Crippen molar-refractivity contribution < 1.29 is 13.9 Å². The summed E-state index contributed by atoms with van der Waals surface area (Å²) in [5.41, 5.74) is 0. The molecule has 0 saturated carbocycles. The number of hydrogen-bond donors (Lipinski definition) is 0. The summed E-state index contributed by atoms with van der Waals surface area (Å²) in [6.45, 7) is 0. The normalized spacial score (nSPS) is 12.3. The first-order valence-electron chi connectivity index (χ1n) is 2.96. The zero-order chi connectivity index (χ0) is 8.04. The average Bonchev–Trinajstić information content (AvgIpc) is 2.01. The summed E-state index contributed by atoms with van der Waals surface area (Å²) < 4.78 is 15.1. The Morgan fingerprint density at radius 3 is 2.00 bits per heavy atom. The highest BCUT2D eigenvalue weighted by molar-refractivity contribution is 6.17. The summed E-state index contributed by atoms with van der Waals surface area (Å²) >= 11 is 5.50. The number of halogens is 1. The lowest BCUT2D eigenvalue weighted by Crippen LogP contribution is -2.36. The average molecular weight is 185 g/mol. The molecule has 0 aromatic rings. The van der Waals surface area contributed by atoms with Crippen LogP contribution in [0.1, 0.15) is 6.42 Å². The van der Waals surface area contributed by atoms with Crippen LogP contribution in [-0.2, 0) is 13.9 Å². The summed E-state index contributed by atoms with van der Waals surface area (Å²) in [6.07, 6.45) is 0.547. The molecule has 0 aliphatic heterocycles. The van der Waals surface area contributed by atoms with E-state index in [1.165, 1.54) is 14.2 Å². The van der Waals surface area contributed by atoms with E-state index in [-0.39, 0.29) is 0 Å². The highest BCUT2D eigenvalue weighted by Gasteiger charge is 2.27. The summed E-state index contributed by atoms with van der Waals surface area (Å²) in [6, 6.07) is 0. The van der Waals surface area contributed by atoms with Crippen molar-refractivity contribution in [3.63, 3.8) is 0 Å². The second-order valence-corrected chi connectivity index (χ2v) is 2.52. The Bertz CT molecular complexity index is 78.7. The molecular formula is C5H13ClO3Si. The van der Waals surface area contributed by atoms with E-state index in [0.717, 1.165) is 0 Å². The summed E-state index contributed by atoms with van der Waals surface area (Å²) in [5, 5.41) is 0. The predicted octanol–water partition coefficient (Wildman–Crippen LogP) is -0.141. The third-order valence-corrected chi connectivity index (χ3v) is 2.14. The second kappa shape index (κ2) is 5.09. The highest BCUT2D eigenvalue weighted by Crippen LogP contribution is 2.16. The van der Waals surface area contributed by atoms with Crippen LogP contribution in [0.5, 0.6) is 0 Å². The van der Waals surface area contributed by atoms with Gasteiger partial charge in [-0.15, -0.1) is 11.6 Å². The molecule has 0 bridgehead atoms. The Kier molecular flexibility index (Phi) is 5.29. The minimum atomic E-state index is -0.895. The molecule has 0 atom stereocenters. The monoisotopic (exact) mass is 184 g/mol. The SMILES string of the molecule is COC(CCCl)(OC)O[SiH3]. The van der Waals surface area contributed by atoms with Gasteiger partial charge in [0.05, 0.1) is 0 Å². The predicted molar refractivity (Wildman–Crippen MR) is 43.1 cm³/mol. The first-order valence-corrected chi connectivity index (χ1v) is 4.31. The van der Waals surface area contributed by atoms with Gasteiger partial charge in [-0.2, -0.15) is 0 Å². The Balaban J connectivity index is 3.87. The van der Waals surface area contributed by atoms with Gasteiger partial charge >= 0.3 is 0 Å². The van der Waals surface area contributed by atoms with E-state index >= 15 is 0 Å². The van der Waals surface area contributed by atoms with Gasteiger partial charge in [-0.3, -0.25) is 0 Å².